The molecule has 0 N–H and O–H groups in total. The molecule has 2 aliphatic heterocycles. The summed E-state index contributed by atoms with van der Waals surface area (Å²) in [6.45, 7) is 1.71. The second kappa shape index (κ2) is 6.48. The van der Waals surface area contributed by atoms with Crippen LogP contribution in [0.2, 0.25) is 0 Å². The zero-order valence-electron chi connectivity index (χ0n) is 11.6. The highest BCUT2D eigenvalue weighted by molar-refractivity contribution is 7.99. The van der Waals surface area contributed by atoms with E-state index in [0.717, 1.165) is 43.9 Å². The Morgan fingerprint density at radius 3 is 2.95 bits per heavy atom. The summed E-state index contributed by atoms with van der Waals surface area (Å²) in [6, 6.07) is 3.65. The summed E-state index contributed by atoms with van der Waals surface area (Å²) >= 11 is 1.90. The third kappa shape index (κ3) is 3.08. The van der Waals surface area contributed by atoms with Gasteiger partial charge in [-0.3, -0.25) is 4.79 Å². The van der Waals surface area contributed by atoms with E-state index in [4.69, 9.17) is 4.74 Å². The fourth-order valence-electron chi connectivity index (χ4n) is 2.68. The smallest absolute Gasteiger partial charge is 0.259 e. The molecule has 0 spiro atoms. The number of pyridine rings is 1. The molecule has 0 radical (unpaired) electrons. The van der Waals surface area contributed by atoms with E-state index in [1.54, 1.807) is 6.20 Å². The van der Waals surface area contributed by atoms with Gasteiger partial charge in [0.1, 0.15) is 11.7 Å². The maximum Gasteiger partial charge on any atom is 0.259 e. The monoisotopic (exact) mass is 292 g/mol. The van der Waals surface area contributed by atoms with Gasteiger partial charge in [-0.15, -0.1) is 0 Å². The van der Waals surface area contributed by atoms with E-state index < -0.39 is 0 Å². The molecular formula is C15H20N2O2S. The van der Waals surface area contributed by atoms with E-state index in [1.807, 2.05) is 28.8 Å². The molecule has 20 heavy (non-hydrogen) atoms. The lowest BCUT2D eigenvalue weighted by Gasteiger charge is -2.27. The average Bonchev–Trinajstić information content (AvgIpc) is 3.01. The SMILES string of the molecule is O=C(c1cccnc1OC1CCSC1)N1CCCCC1. The third-order valence-corrected chi connectivity index (χ3v) is 4.94. The van der Waals surface area contributed by atoms with Gasteiger partial charge < -0.3 is 9.64 Å². The number of carbonyl (C=O) groups excluding carboxylic acids is 1. The molecule has 0 aliphatic carbocycles. The third-order valence-electron chi connectivity index (χ3n) is 3.81. The van der Waals surface area contributed by atoms with Crippen LogP contribution in [0.25, 0.3) is 0 Å². The highest BCUT2D eigenvalue weighted by Crippen LogP contribution is 2.25. The van der Waals surface area contributed by atoms with E-state index in [2.05, 4.69) is 4.98 Å². The number of amides is 1. The van der Waals surface area contributed by atoms with E-state index >= 15 is 0 Å². The Bertz CT molecular complexity index is 469. The predicted octanol–water partition coefficient (Wildman–Crippen LogP) is 2.59. The fourth-order valence-corrected chi connectivity index (χ4v) is 3.77. The molecule has 3 heterocycles. The number of likely N-dealkylation sites (tertiary alicyclic amines) is 1. The Morgan fingerprint density at radius 1 is 1.35 bits per heavy atom. The van der Waals surface area contributed by atoms with Gasteiger partial charge in [-0.1, -0.05) is 0 Å². The van der Waals surface area contributed by atoms with Crippen molar-refractivity contribution in [1.29, 1.82) is 0 Å². The van der Waals surface area contributed by atoms with E-state index in [1.165, 1.54) is 6.42 Å². The first-order valence-corrected chi connectivity index (χ1v) is 8.49. The minimum atomic E-state index is 0.0680. The van der Waals surface area contributed by atoms with Gasteiger partial charge in [0.15, 0.2) is 0 Å². The van der Waals surface area contributed by atoms with Crippen LogP contribution >= 0.6 is 11.8 Å². The van der Waals surface area contributed by atoms with Gasteiger partial charge in [0.2, 0.25) is 5.88 Å². The largest absolute Gasteiger partial charge is 0.473 e. The molecule has 0 saturated carbocycles. The van der Waals surface area contributed by atoms with Crippen LogP contribution in [0.1, 0.15) is 36.0 Å². The minimum absolute atomic E-state index is 0.0680. The van der Waals surface area contributed by atoms with Crippen molar-refractivity contribution >= 4 is 17.7 Å². The molecule has 2 saturated heterocycles. The van der Waals surface area contributed by atoms with Crippen LogP contribution < -0.4 is 4.74 Å². The van der Waals surface area contributed by atoms with Gasteiger partial charge >= 0.3 is 0 Å². The van der Waals surface area contributed by atoms with Gasteiger partial charge in [0.05, 0.1) is 0 Å². The molecule has 1 aromatic rings. The summed E-state index contributed by atoms with van der Waals surface area (Å²) in [5.74, 6) is 2.70. The van der Waals surface area contributed by atoms with Crippen LogP contribution in [0.15, 0.2) is 18.3 Å². The van der Waals surface area contributed by atoms with Crippen molar-refractivity contribution in [2.75, 3.05) is 24.6 Å². The summed E-state index contributed by atoms with van der Waals surface area (Å²) in [6.07, 6.45) is 6.36. The number of hydrogen-bond donors (Lipinski definition) is 0. The maximum atomic E-state index is 12.6. The normalized spacial score (nSPS) is 22.8. The minimum Gasteiger partial charge on any atom is -0.473 e. The van der Waals surface area contributed by atoms with E-state index in [9.17, 15) is 4.79 Å². The van der Waals surface area contributed by atoms with E-state index in [-0.39, 0.29) is 12.0 Å². The first kappa shape index (κ1) is 13.7. The molecule has 0 bridgehead atoms. The predicted molar refractivity (Wildman–Crippen MR) is 80.3 cm³/mol. The second-order valence-electron chi connectivity index (χ2n) is 5.31. The lowest BCUT2D eigenvalue weighted by Crippen LogP contribution is -2.36. The molecule has 3 rings (SSSR count). The molecule has 0 aromatic carbocycles. The number of hydrogen-bond acceptors (Lipinski definition) is 4. The Morgan fingerprint density at radius 2 is 2.20 bits per heavy atom. The van der Waals surface area contributed by atoms with Crippen molar-refractivity contribution < 1.29 is 9.53 Å². The summed E-state index contributed by atoms with van der Waals surface area (Å²) in [7, 11) is 0. The van der Waals surface area contributed by atoms with Crippen LogP contribution in [-0.2, 0) is 0 Å². The highest BCUT2D eigenvalue weighted by atomic mass is 32.2. The number of carbonyl (C=O) groups is 1. The van der Waals surface area contributed by atoms with Crippen molar-refractivity contribution in [2.24, 2.45) is 0 Å². The number of aromatic nitrogens is 1. The van der Waals surface area contributed by atoms with Crippen LogP contribution in [0.5, 0.6) is 5.88 Å². The van der Waals surface area contributed by atoms with Crippen molar-refractivity contribution in [3.8, 4) is 5.88 Å². The molecule has 2 fully saturated rings. The molecule has 1 aromatic heterocycles. The van der Waals surface area contributed by atoms with Gasteiger partial charge in [-0.05, 0) is 43.6 Å². The Labute approximate surface area is 123 Å². The van der Waals surface area contributed by atoms with E-state index in [0.29, 0.717) is 11.4 Å². The van der Waals surface area contributed by atoms with Crippen LogP contribution in [-0.4, -0.2) is 46.5 Å². The summed E-state index contributed by atoms with van der Waals surface area (Å²) in [5.41, 5.74) is 0.617. The average molecular weight is 292 g/mol. The molecule has 4 nitrogen and oxygen atoms in total. The quantitative estimate of drug-likeness (QED) is 0.859. The van der Waals surface area contributed by atoms with Crippen LogP contribution in [0.3, 0.4) is 0 Å². The topological polar surface area (TPSA) is 42.4 Å². The Kier molecular flexibility index (Phi) is 4.45. The van der Waals surface area contributed by atoms with Crippen molar-refractivity contribution in [3.63, 3.8) is 0 Å². The number of ether oxygens (including phenoxy) is 1. The fraction of sp³-hybridized carbons (Fsp3) is 0.600. The van der Waals surface area contributed by atoms with Crippen molar-refractivity contribution in [1.82, 2.24) is 9.88 Å². The van der Waals surface area contributed by atoms with Crippen molar-refractivity contribution in [3.05, 3.63) is 23.9 Å². The molecule has 5 heteroatoms. The first-order valence-electron chi connectivity index (χ1n) is 7.33. The second-order valence-corrected chi connectivity index (χ2v) is 6.46. The number of nitrogens with zero attached hydrogens (tertiary/aromatic N) is 2. The molecular weight excluding hydrogens is 272 g/mol. The Balaban J connectivity index is 1.75. The number of thioether (sulfide) groups is 1. The Hall–Kier alpha value is -1.23. The van der Waals surface area contributed by atoms with Gasteiger partial charge in [-0.25, -0.2) is 4.98 Å². The lowest BCUT2D eigenvalue weighted by atomic mass is 10.1. The molecule has 1 amide bonds. The molecule has 108 valence electrons. The number of rotatable bonds is 3. The zero-order valence-corrected chi connectivity index (χ0v) is 12.4. The summed E-state index contributed by atoms with van der Waals surface area (Å²) < 4.78 is 5.94. The maximum absolute atomic E-state index is 12.6. The molecule has 2 aliphatic rings. The standard InChI is InChI=1S/C15H20N2O2S/c18-15(17-8-2-1-3-9-17)13-5-4-7-16-14(13)19-12-6-10-20-11-12/h4-5,7,12H,1-3,6,8-11H2. The summed E-state index contributed by atoms with van der Waals surface area (Å²) in [5, 5.41) is 0. The summed E-state index contributed by atoms with van der Waals surface area (Å²) in [4.78, 5) is 18.8. The highest BCUT2D eigenvalue weighted by Gasteiger charge is 2.24. The molecule has 1 unspecified atom stereocenters. The number of piperidine rings is 1. The molecule has 1 atom stereocenters. The zero-order chi connectivity index (χ0) is 13.8. The first-order chi connectivity index (χ1) is 9.84. The van der Waals surface area contributed by atoms with Gasteiger partial charge in [0.25, 0.3) is 5.91 Å². The van der Waals surface area contributed by atoms with Gasteiger partial charge in [0, 0.05) is 25.0 Å². The van der Waals surface area contributed by atoms with Crippen molar-refractivity contribution in [2.45, 2.75) is 31.8 Å². The lowest BCUT2D eigenvalue weighted by molar-refractivity contribution is 0.0716. The van der Waals surface area contributed by atoms with Gasteiger partial charge in [-0.2, -0.15) is 11.8 Å². The van der Waals surface area contributed by atoms with Crippen LogP contribution in [0, 0.1) is 0 Å². The van der Waals surface area contributed by atoms with Crippen LogP contribution in [0.4, 0.5) is 0 Å².